The van der Waals surface area contributed by atoms with Crippen LogP contribution in [0.3, 0.4) is 0 Å². The molecule has 0 aliphatic heterocycles. The Hall–Kier alpha value is -1.65. The molecule has 0 radical (unpaired) electrons. The van der Waals surface area contributed by atoms with Crippen molar-refractivity contribution in [1.29, 1.82) is 0 Å². The molecule has 0 aromatic carbocycles. The van der Waals surface area contributed by atoms with Crippen LogP contribution in [0.2, 0.25) is 0 Å². The summed E-state index contributed by atoms with van der Waals surface area (Å²) in [7, 11) is 1.45. The van der Waals surface area contributed by atoms with E-state index in [-0.39, 0.29) is 5.56 Å². The van der Waals surface area contributed by atoms with Crippen molar-refractivity contribution in [1.82, 2.24) is 9.55 Å². The van der Waals surface area contributed by atoms with Gasteiger partial charge >= 0.3 is 5.97 Å². The minimum atomic E-state index is -1.25. The molecule has 0 saturated carbocycles. The third kappa shape index (κ3) is 1.26. The molecule has 0 bridgehead atoms. The van der Waals surface area contributed by atoms with E-state index in [1.165, 1.54) is 13.4 Å². The summed E-state index contributed by atoms with van der Waals surface area (Å²) < 4.78 is 1.11. The first-order valence-electron chi connectivity index (χ1n) is 2.87. The summed E-state index contributed by atoms with van der Waals surface area (Å²) in [5, 5.41) is 8.44. The van der Waals surface area contributed by atoms with E-state index in [4.69, 9.17) is 5.11 Å². The lowest BCUT2D eigenvalue weighted by Crippen LogP contribution is -2.24. The summed E-state index contributed by atoms with van der Waals surface area (Å²) in [6.45, 7) is 0. The lowest BCUT2D eigenvalue weighted by molar-refractivity contribution is 0.0693. The average molecular weight is 154 g/mol. The molecule has 58 valence electrons. The highest BCUT2D eigenvalue weighted by Gasteiger charge is 2.08. The molecule has 0 fully saturated rings. The van der Waals surface area contributed by atoms with Crippen LogP contribution in [0, 0.1) is 0 Å². The van der Waals surface area contributed by atoms with Crippen molar-refractivity contribution in [3.63, 3.8) is 0 Å². The van der Waals surface area contributed by atoms with Crippen molar-refractivity contribution in [2.75, 3.05) is 0 Å². The molecule has 1 aromatic rings. The second-order valence-electron chi connectivity index (χ2n) is 2.03. The molecule has 5 heteroatoms. The van der Waals surface area contributed by atoms with E-state index in [0.29, 0.717) is 0 Å². The molecule has 1 rings (SSSR count). The van der Waals surface area contributed by atoms with Gasteiger partial charge in [0, 0.05) is 13.2 Å². The number of carbonyl (C=O) groups is 1. The predicted octanol–water partition coefficient (Wildman–Crippen LogP) is -0.522. The van der Waals surface area contributed by atoms with Crippen LogP contribution in [-0.2, 0) is 7.05 Å². The molecule has 0 amide bonds. The molecule has 0 saturated heterocycles. The Bertz CT molecular complexity index is 342. The second-order valence-corrected chi connectivity index (χ2v) is 2.03. The minimum Gasteiger partial charge on any atom is -0.477 e. The van der Waals surface area contributed by atoms with E-state index in [9.17, 15) is 9.59 Å². The second kappa shape index (κ2) is 2.53. The lowest BCUT2D eigenvalue weighted by atomic mass is 10.3. The molecule has 0 spiro atoms. The van der Waals surface area contributed by atoms with Gasteiger partial charge in [0.2, 0.25) is 0 Å². The van der Waals surface area contributed by atoms with Gasteiger partial charge in [-0.1, -0.05) is 0 Å². The van der Waals surface area contributed by atoms with E-state index in [0.717, 1.165) is 10.8 Å². The van der Waals surface area contributed by atoms with Gasteiger partial charge in [0.1, 0.15) is 5.56 Å². The van der Waals surface area contributed by atoms with Crippen LogP contribution in [0.5, 0.6) is 0 Å². The van der Waals surface area contributed by atoms with Crippen molar-refractivity contribution in [3.05, 3.63) is 28.4 Å². The first-order valence-corrected chi connectivity index (χ1v) is 2.87. The highest BCUT2D eigenvalue weighted by atomic mass is 16.4. The zero-order valence-electron chi connectivity index (χ0n) is 5.81. The Morgan fingerprint density at radius 2 is 2.36 bits per heavy atom. The Morgan fingerprint density at radius 1 is 1.73 bits per heavy atom. The van der Waals surface area contributed by atoms with Gasteiger partial charge in [-0.3, -0.25) is 4.79 Å². The molecule has 5 nitrogen and oxygen atoms in total. The number of aryl methyl sites for hydroxylation is 1. The highest BCUT2D eigenvalue weighted by Crippen LogP contribution is 1.85. The molecule has 0 aliphatic rings. The summed E-state index contributed by atoms with van der Waals surface area (Å²) in [6.07, 6.45) is 2.29. The average Bonchev–Trinajstić information content (AvgIpc) is 1.94. The van der Waals surface area contributed by atoms with E-state index in [2.05, 4.69) is 4.98 Å². The number of aromatic nitrogens is 2. The van der Waals surface area contributed by atoms with E-state index in [1.54, 1.807) is 0 Å². The van der Waals surface area contributed by atoms with Crippen LogP contribution in [0.15, 0.2) is 17.3 Å². The fourth-order valence-corrected chi connectivity index (χ4v) is 0.652. The summed E-state index contributed by atoms with van der Waals surface area (Å²) >= 11 is 0. The number of aromatic carboxylic acids is 1. The van der Waals surface area contributed by atoms with Gasteiger partial charge < -0.3 is 9.67 Å². The molecule has 11 heavy (non-hydrogen) atoms. The van der Waals surface area contributed by atoms with Crippen LogP contribution in [0.4, 0.5) is 0 Å². The van der Waals surface area contributed by atoms with Crippen molar-refractivity contribution in [2.24, 2.45) is 7.05 Å². The van der Waals surface area contributed by atoms with Crippen LogP contribution >= 0.6 is 0 Å². The monoisotopic (exact) mass is 154 g/mol. The van der Waals surface area contributed by atoms with Gasteiger partial charge in [0.05, 0.1) is 6.33 Å². The molecular weight excluding hydrogens is 148 g/mol. The van der Waals surface area contributed by atoms with Gasteiger partial charge in [-0.05, 0) is 0 Å². The zero-order valence-corrected chi connectivity index (χ0v) is 5.81. The SMILES string of the molecule is Cn1cncc(C(=O)O)c1=O. The van der Waals surface area contributed by atoms with Crippen molar-refractivity contribution in [3.8, 4) is 0 Å². The predicted molar refractivity (Wildman–Crippen MR) is 36.4 cm³/mol. The topological polar surface area (TPSA) is 72.2 Å². The lowest BCUT2D eigenvalue weighted by Gasteiger charge is -1.95. The van der Waals surface area contributed by atoms with Crippen LogP contribution in [-0.4, -0.2) is 20.6 Å². The fraction of sp³-hybridized carbons (Fsp3) is 0.167. The van der Waals surface area contributed by atoms with E-state index < -0.39 is 11.5 Å². The Kier molecular flexibility index (Phi) is 1.72. The van der Waals surface area contributed by atoms with Crippen molar-refractivity contribution >= 4 is 5.97 Å². The van der Waals surface area contributed by atoms with Gasteiger partial charge in [-0.25, -0.2) is 9.78 Å². The standard InChI is InChI=1S/C6H6N2O3/c1-8-3-7-2-4(5(8)9)6(10)11/h2-3H,1H3,(H,10,11). The van der Waals surface area contributed by atoms with E-state index in [1.807, 2.05) is 0 Å². The summed E-state index contributed by atoms with van der Waals surface area (Å²) in [5.74, 6) is -1.25. The smallest absolute Gasteiger partial charge is 0.342 e. The Morgan fingerprint density at radius 3 is 2.82 bits per heavy atom. The molecule has 0 aliphatic carbocycles. The maximum absolute atomic E-state index is 11.0. The third-order valence-corrected chi connectivity index (χ3v) is 1.22. The number of carboxylic acids is 1. The van der Waals surface area contributed by atoms with Gasteiger partial charge in [0.15, 0.2) is 0 Å². The maximum atomic E-state index is 11.0. The van der Waals surface area contributed by atoms with E-state index >= 15 is 0 Å². The zero-order chi connectivity index (χ0) is 8.43. The van der Waals surface area contributed by atoms with Crippen molar-refractivity contribution < 1.29 is 9.90 Å². The van der Waals surface area contributed by atoms with Crippen LogP contribution in [0.1, 0.15) is 10.4 Å². The Balaban J connectivity index is 3.40. The first-order chi connectivity index (χ1) is 5.13. The first kappa shape index (κ1) is 7.46. The quantitative estimate of drug-likeness (QED) is 0.590. The van der Waals surface area contributed by atoms with Gasteiger partial charge in [0.25, 0.3) is 5.56 Å². The summed E-state index contributed by atoms with van der Waals surface area (Å²) in [5.41, 5.74) is -0.859. The molecular formula is C6H6N2O3. The summed E-state index contributed by atoms with van der Waals surface area (Å²) in [6, 6.07) is 0. The third-order valence-electron chi connectivity index (χ3n) is 1.22. The largest absolute Gasteiger partial charge is 0.477 e. The number of hydrogen-bond acceptors (Lipinski definition) is 3. The number of carboxylic acid groups (broad SMARTS) is 1. The highest BCUT2D eigenvalue weighted by molar-refractivity contribution is 5.86. The number of nitrogens with zero attached hydrogens (tertiary/aromatic N) is 2. The Labute approximate surface area is 61.9 Å². The van der Waals surface area contributed by atoms with Crippen molar-refractivity contribution in [2.45, 2.75) is 0 Å². The molecule has 1 heterocycles. The van der Waals surface area contributed by atoms with Gasteiger partial charge in [-0.15, -0.1) is 0 Å². The van der Waals surface area contributed by atoms with Gasteiger partial charge in [-0.2, -0.15) is 0 Å². The molecule has 1 aromatic heterocycles. The maximum Gasteiger partial charge on any atom is 0.342 e. The summed E-state index contributed by atoms with van der Waals surface area (Å²) in [4.78, 5) is 24.8. The van der Waals surface area contributed by atoms with Crippen LogP contribution < -0.4 is 5.56 Å². The van der Waals surface area contributed by atoms with Crippen LogP contribution in [0.25, 0.3) is 0 Å². The minimum absolute atomic E-state index is 0.310. The molecule has 1 N–H and O–H groups in total. The number of hydrogen-bond donors (Lipinski definition) is 1. The fourth-order valence-electron chi connectivity index (χ4n) is 0.652. The molecule has 0 atom stereocenters. The molecule has 0 unspecified atom stereocenters. The normalized spacial score (nSPS) is 9.55. The number of rotatable bonds is 1.